The van der Waals surface area contributed by atoms with Gasteiger partial charge in [0.2, 0.25) is 15.9 Å². The Morgan fingerprint density at radius 1 is 1.21 bits per heavy atom. The zero-order valence-electron chi connectivity index (χ0n) is 13.7. The molecule has 1 aromatic heterocycles. The van der Waals surface area contributed by atoms with Crippen LogP contribution in [0, 0.1) is 0 Å². The van der Waals surface area contributed by atoms with Crippen molar-refractivity contribution in [3.63, 3.8) is 0 Å². The smallest absolute Gasteiger partial charge is 0.244 e. The van der Waals surface area contributed by atoms with Gasteiger partial charge in [-0.3, -0.25) is 14.1 Å². The Kier molecular flexibility index (Phi) is 5.92. The Morgan fingerprint density at radius 2 is 1.92 bits per heavy atom. The van der Waals surface area contributed by atoms with Crippen LogP contribution in [-0.4, -0.2) is 31.6 Å². The number of carbonyl (C=O) groups excluding carboxylic acids is 1. The number of nitrogens with zero attached hydrogens (tertiary/aromatic N) is 2. The molecular weight excluding hydrogens is 326 g/mol. The van der Waals surface area contributed by atoms with Crippen molar-refractivity contribution in [1.29, 1.82) is 0 Å². The van der Waals surface area contributed by atoms with Crippen LogP contribution in [0.5, 0.6) is 0 Å². The lowest BCUT2D eigenvalue weighted by Crippen LogP contribution is -2.49. The van der Waals surface area contributed by atoms with Gasteiger partial charge in [-0.1, -0.05) is 31.2 Å². The van der Waals surface area contributed by atoms with Crippen LogP contribution < -0.4 is 9.62 Å². The highest BCUT2D eigenvalue weighted by Crippen LogP contribution is 2.22. The molecule has 0 saturated carbocycles. The Labute approximate surface area is 142 Å². The zero-order valence-corrected chi connectivity index (χ0v) is 14.5. The second kappa shape index (κ2) is 7.92. The summed E-state index contributed by atoms with van der Waals surface area (Å²) >= 11 is 0. The average molecular weight is 347 g/mol. The molecule has 0 saturated heterocycles. The maximum atomic E-state index is 12.6. The fraction of sp³-hybridized carbons (Fsp3) is 0.294. The quantitative estimate of drug-likeness (QED) is 0.830. The predicted octanol–water partition coefficient (Wildman–Crippen LogP) is 1.94. The minimum Gasteiger partial charge on any atom is -0.350 e. The first kappa shape index (κ1) is 17.9. The zero-order chi connectivity index (χ0) is 17.6. The number of para-hydroxylation sites is 1. The van der Waals surface area contributed by atoms with Gasteiger partial charge in [-0.15, -0.1) is 0 Å². The van der Waals surface area contributed by atoms with Gasteiger partial charge in [0.05, 0.1) is 11.9 Å². The van der Waals surface area contributed by atoms with Gasteiger partial charge in [-0.2, -0.15) is 0 Å². The number of hydrogen-bond donors (Lipinski definition) is 1. The molecule has 2 aromatic rings. The molecule has 1 atom stereocenters. The number of pyridine rings is 1. The van der Waals surface area contributed by atoms with E-state index in [1.54, 1.807) is 55.7 Å². The maximum Gasteiger partial charge on any atom is 0.244 e. The van der Waals surface area contributed by atoms with E-state index in [-0.39, 0.29) is 5.91 Å². The van der Waals surface area contributed by atoms with Crippen molar-refractivity contribution in [1.82, 2.24) is 10.3 Å². The molecule has 1 amide bonds. The summed E-state index contributed by atoms with van der Waals surface area (Å²) in [5.41, 5.74) is 1.33. The SMILES string of the molecule is CCC(C(=O)NCc1cccnc1)N(c1ccccc1)S(C)(=O)=O. The van der Waals surface area contributed by atoms with Crippen LogP contribution in [-0.2, 0) is 21.4 Å². The molecule has 2 rings (SSSR count). The van der Waals surface area contributed by atoms with E-state index in [0.29, 0.717) is 18.7 Å². The van der Waals surface area contributed by atoms with Crippen molar-refractivity contribution in [3.05, 3.63) is 60.4 Å². The summed E-state index contributed by atoms with van der Waals surface area (Å²) in [6, 6.07) is 11.5. The molecule has 1 N–H and O–H groups in total. The third-order valence-corrected chi connectivity index (χ3v) is 4.71. The third-order valence-electron chi connectivity index (χ3n) is 3.53. The van der Waals surface area contributed by atoms with Gasteiger partial charge >= 0.3 is 0 Å². The average Bonchev–Trinajstić information content (AvgIpc) is 2.58. The molecule has 0 aliphatic heterocycles. The minimum absolute atomic E-state index is 0.301. The molecule has 0 aliphatic rings. The van der Waals surface area contributed by atoms with Crippen LogP contribution in [0.1, 0.15) is 18.9 Å². The van der Waals surface area contributed by atoms with Crippen molar-refractivity contribution < 1.29 is 13.2 Å². The predicted molar refractivity (Wildman–Crippen MR) is 93.9 cm³/mol. The minimum atomic E-state index is -3.60. The van der Waals surface area contributed by atoms with Gasteiger partial charge in [-0.25, -0.2) is 8.42 Å². The highest BCUT2D eigenvalue weighted by molar-refractivity contribution is 7.92. The summed E-state index contributed by atoms with van der Waals surface area (Å²) in [5, 5.41) is 2.79. The van der Waals surface area contributed by atoms with Crippen LogP contribution >= 0.6 is 0 Å². The fourth-order valence-corrected chi connectivity index (χ4v) is 3.66. The highest BCUT2D eigenvalue weighted by Gasteiger charge is 2.31. The van der Waals surface area contributed by atoms with Crippen molar-refractivity contribution in [2.75, 3.05) is 10.6 Å². The topological polar surface area (TPSA) is 79.4 Å². The fourth-order valence-electron chi connectivity index (χ4n) is 2.44. The lowest BCUT2D eigenvalue weighted by atomic mass is 10.2. The van der Waals surface area contributed by atoms with E-state index >= 15 is 0 Å². The Bertz CT molecular complexity index is 764. The van der Waals surface area contributed by atoms with E-state index in [2.05, 4.69) is 10.3 Å². The van der Waals surface area contributed by atoms with Crippen LogP contribution in [0.3, 0.4) is 0 Å². The van der Waals surface area contributed by atoms with Gasteiger partial charge in [-0.05, 0) is 30.2 Å². The van der Waals surface area contributed by atoms with Crippen LogP contribution in [0.2, 0.25) is 0 Å². The number of anilines is 1. The number of benzene rings is 1. The monoisotopic (exact) mass is 347 g/mol. The summed E-state index contributed by atoms with van der Waals surface area (Å²) in [7, 11) is -3.60. The van der Waals surface area contributed by atoms with E-state index in [9.17, 15) is 13.2 Å². The molecule has 1 unspecified atom stereocenters. The first-order chi connectivity index (χ1) is 11.4. The Morgan fingerprint density at radius 3 is 2.46 bits per heavy atom. The number of rotatable bonds is 7. The molecule has 0 fully saturated rings. The summed E-state index contributed by atoms with van der Waals surface area (Å²) in [6.45, 7) is 2.09. The molecule has 1 aromatic carbocycles. The van der Waals surface area contributed by atoms with E-state index in [4.69, 9.17) is 0 Å². The molecule has 0 radical (unpaired) electrons. The standard InChI is InChI=1S/C17H21N3O3S/c1-3-16(17(21)19-13-14-8-7-11-18-12-14)20(24(2,22)23)15-9-5-4-6-10-15/h4-12,16H,3,13H2,1-2H3,(H,19,21). The van der Waals surface area contributed by atoms with Crippen molar-refractivity contribution >= 4 is 21.6 Å². The second-order valence-corrected chi connectivity index (χ2v) is 7.26. The molecule has 0 aliphatic carbocycles. The van der Waals surface area contributed by atoms with Crippen LogP contribution in [0.4, 0.5) is 5.69 Å². The van der Waals surface area contributed by atoms with E-state index in [1.807, 2.05) is 6.07 Å². The number of hydrogen-bond acceptors (Lipinski definition) is 4. The van der Waals surface area contributed by atoms with Crippen molar-refractivity contribution in [2.24, 2.45) is 0 Å². The van der Waals surface area contributed by atoms with Gasteiger partial charge < -0.3 is 5.32 Å². The summed E-state index contributed by atoms with van der Waals surface area (Å²) < 4.78 is 25.7. The Hall–Kier alpha value is -2.41. The first-order valence-electron chi connectivity index (χ1n) is 7.64. The number of amides is 1. The van der Waals surface area contributed by atoms with Gasteiger partial charge in [0, 0.05) is 18.9 Å². The molecule has 0 bridgehead atoms. The largest absolute Gasteiger partial charge is 0.350 e. The van der Waals surface area contributed by atoms with Crippen molar-refractivity contribution in [2.45, 2.75) is 25.9 Å². The molecule has 1 heterocycles. The molecule has 6 nitrogen and oxygen atoms in total. The lowest BCUT2D eigenvalue weighted by molar-refractivity contribution is -0.122. The maximum absolute atomic E-state index is 12.6. The molecule has 0 spiro atoms. The number of aromatic nitrogens is 1. The number of sulfonamides is 1. The summed E-state index contributed by atoms with van der Waals surface area (Å²) in [4.78, 5) is 16.6. The lowest BCUT2D eigenvalue weighted by Gasteiger charge is -2.30. The molecule has 7 heteroatoms. The first-order valence-corrected chi connectivity index (χ1v) is 9.49. The normalized spacial score (nSPS) is 12.4. The van der Waals surface area contributed by atoms with Crippen LogP contribution in [0.25, 0.3) is 0 Å². The summed E-state index contributed by atoms with van der Waals surface area (Å²) in [6.07, 6.45) is 4.78. The Balaban J connectivity index is 2.21. The molecule has 128 valence electrons. The number of carbonyl (C=O) groups is 1. The molecule has 24 heavy (non-hydrogen) atoms. The van der Waals surface area contributed by atoms with Gasteiger partial charge in [0.1, 0.15) is 6.04 Å². The third kappa shape index (κ3) is 4.55. The number of nitrogens with one attached hydrogen (secondary N) is 1. The van der Waals surface area contributed by atoms with Crippen molar-refractivity contribution in [3.8, 4) is 0 Å². The van der Waals surface area contributed by atoms with E-state index in [0.717, 1.165) is 11.8 Å². The second-order valence-electron chi connectivity index (χ2n) is 5.40. The summed E-state index contributed by atoms with van der Waals surface area (Å²) in [5.74, 6) is -0.337. The van der Waals surface area contributed by atoms with Gasteiger partial charge in [0.15, 0.2) is 0 Å². The van der Waals surface area contributed by atoms with Gasteiger partial charge in [0.25, 0.3) is 0 Å². The highest BCUT2D eigenvalue weighted by atomic mass is 32.2. The molecular formula is C17H21N3O3S. The van der Waals surface area contributed by atoms with E-state index < -0.39 is 16.1 Å². The van der Waals surface area contributed by atoms with Crippen LogP contribution in [0.15, 0.2) is 54.9 Å². The van der Waals surface area contributed by atoms with E-state index in [1.165, 1.54) is 4.31 Å².